The van der Waals surface area contributed by atoms with Gasteiger partial charge in [0.1, 0.15) is 17.4 Å². The number of alkyl halides is 4. The lowest BCUT2D eigenvalue weighted by Gasteiger charge is -2.13. The van der Waals surface area contributed by atoms with Crippen molar-refractivity contribution in [2.24, 2.45) is 0 Å². The minimum atomic E-state index is -4.85. The van der Waals surface area contributed by atoms with Crippen molar-refractivity contribution in [3.8, 4) is 5.75 Å². The van der Waals surface area contributed by atoms with Crippen LogP contribution in [0.5, 0.6) is 5.75 Å². The zero-order valence-electron chi connectivity index (χ0n) is 9.12. The molecule has 1 atom stereocenters. The van der Waals surface area contributed by atoms with Crippen LogP contribution >= 0.6 is 11.6 Å². The van der Waals surface area contributed by atoms with Crippen LogP contribution in [0.4, 0.5) is 13.2 Å². The monoisotopic (exact) mass is 280 g/mol. The first-order valence-electron chi connectivity index (χ1n) is 4.74. The highest BCUT2D eigenvalue weighted by molar-refractivity contribution is 6.31. The number of carbonyl (C=O) groups excluding carboxylic acids is 2. The molecule has 0 saturated heterocycles. The summed E-state index contributed by atoms with van der Waals surface area (Å²) in [6.07, 6.45) is -4.44. The van der Waals surface area contributed by atoms with Crippen LogP contribution in [0, 0.1) is 0 Å². The second-order valence-corrected chi connectivity index (χ2v) is 3.87. The van der Waals surface area contributed by atoms with Gasteiger partial charge in [-0.25, -0.2) is 0 Å². The Labute approximate surface area is 105 Å². The van der Waals surface area contributed by atoms with Gasteiger partial charge in [-0.2, -0.15) is 0 Å². The largest absolute Gasteiger partial charge is 0.573 e. The van der Waals surface area contributed by atoms with Gasteiger partial charge < -0.3 is 4.74 Å². The molecule has 1 aromatic rings. The molecule has 7 heteroatoms. The first-order chi connectivity index (χ1) is 8.24. The molecule has 18 heavy (non-hydrogen) atoms. The van der Waals surface area contributed by atoms with Gasteiger partial charge in [-0.15, -0.1) is 24.8 Å². The van der Waals surface area contributed by atoms with Crippen LogP contribution in [-0.4, -0.2) is 18.4 Å². The van der Waals surface area contributed by atoms with Crippen LogP contribution in [0.25, 0.3) is 0 Å². The molecule has 0 spiro atoms. The third-order valence-electron chi connectivity index (χ3n) is 2.05. The number of ketones is 1. The number of benzene rings is 1. The van der Waals surface area contributed by atoms with Crippen LogP contribution < -0.4 is 4.74 Å². The van der Waals surface area contributed by atoms with Crippen LogP contribution in [0.3, 0.4) is 0 Å². The van der Waals surface area contributed by atoms with Gasteiger partial charge in [-0.1, -0.05) is 0 Å². The maximum atomic E-state index is 12.0. The first-order valence-corrected chi connectivity index (χ1v) is 5.17. The average Bonchev–Trinajstić information content (AvgIpc) is 2.25. The average molecular weight is 281 g/mol. The fraction of sp³-hybridized carbons (Fsp3) is 0.273. The summed E-state index contributed by atoms with van der Waals surface area (Å²) in [7, 11) is 0. The summed E-state index contributed by atoms with van der Waals surface area (Å²) in [6, 6.07) is 3.02. The van der Waals surface area contributed by atoms with Gasteiger partial charge in [0.05, 0.1) is 0 Å². The van der Waals surface area contributed by atoms with Crippen molar-refractivity contribution in [1.29, 1.82) is 0 Å². The second kappa shape index (κ2) is 5.39. The van der Waals surface area contributed by atoms with Crippen molar-refractivity contribution in [3.05, 3.63) is 29.3 Å². The minimum absolute atomic E-state index is 0.0130. The molecule has 1 rings (SSSR count). The van der Waals surface area contributed by atoms with E-state index in [1.807, 2.05) is 0 Å². The molecule has 0 aliphatic carbocycles. The van der Waals surface area contributed by atoms with E-state index in [1.54, 1.807) is 0 Å². The molecule has 3 nitrogen and oxygen atoms in total. The van der Waals surface area contributed by atoms with Gasteiger partial charge in [-0.05, 0) is 30.7 Å². The summed E-state index contributed by atoms with van der Waals surface area (Å²) < 4.78 is 39.8. The highest BCUT2D eigenvalue weighted by Crippen LogP contribution is 2.30. The van der Waals surface area contributed by atoms with Gasteiger partial charge in [0.25, 0.3) is 0 Å². The lowest BCUT2D eigenvalue weighted by Crippen LogP contribution is -2.17. The highest BCUT2D eigenvalue weighted by Gasteiger charge is 2.31. The Morgan fingerprint density at radius 1 is 1.44 bits per heavy atom. The van der Waals surface area contributed by atoms with E-state index in [1.165, 1.54) is 6.92 Å². The standard InChI is InChI=1S/C11H8ClF3O3/c1-6(17)10(12)9-4-8(18-11(13,14)15)3-2-7(9)5-16/h2-5,10H,1H3. The Morgan fingerprint density at radius 2 is 2.06 bits per heavy atom. The van der Waals surface area contributed by atoms with E-state index in [0.29, 0.717) is 6.29 Å². The number of carbonyl (C=O) groups is 2. The predicted octanol–water partition coefficient (Wildman–Crippen LogP) is 3.27. The van der Waals surface area contributed by atoms with Gasteiger partial charge in [0, 0.05) is 5.56 Å². The second-order valence-electron chi connectivity index (χ2n) is 3.43. The molecule has 0 bridgehead atoms. The number of Topliss-reactive ketones (excluding diaryl/α,β-unsaturated/α-hetero) is 1. The summed E-state index contributed by atoms with van der Waals surface area (Å²) in [5, 5.41) is -1.19. The van der Waals surface area contributed by atoms with Crippen LogP contribution in [0.1, 0.15) is 28.2 Å². The van der Waals surface area contributed by atoms with E-state index >= 15 is 0 Å². The van der Waals surface area contributed by atoms with Gasteiger partial charge in [0.2, 0.25) is 0 Å². The van der Waals surface area contributed by atoms with Crippen molar-refractivity contribution in [2.45, 2.75) is 18.7 Å². The Balaban J connectivity index is 3.17. The van der Waals surface area contributed by atoms with Crippen LogP contribution in [0.2, 0.25) is 0 Å². The number of hydrogen-bond donors (Lipinski definition) is 0. The first kappa shape index (κ1) is 14.5. The number of halogens is 4. The van der Waals surface area contributed by atoms with Gasteiger partial charge in [-0.3, -0.25) is 9.59 Å². The summed E-state index contributed by atoms with van der Waals surface area (Å²) in [5.41, 5.74) is 0.0284. The van der Waals surface area contributed by atoms with Crippen molar-refractivity contribution >= 4 is 23.7 Å². The van der Waals surface area contributed by atoms with Crippen molar-refractivity contribution in [2.75, 3.05) is 0 Å². The molecule has 0 radical (unpaired) electrons. The fourth-order valence-electron chi connectivity index (χ4n) is 1.30. The molecule has 0 aliphatic heterocycles. The molecule has 0 fully saturated rings. The van der Waals surface area contributed by atoms with Gasteiger partial charge in [0.15, 0.2) is 5.78 Å². The molecule has 1 aromatic carbocycles. The Bertz CT molecular complexity index is 471. The SMILES string of the molecule is CC(=O)C(Cl)c1cc(OC(F)(F)F)ccc1C=O. The summed E-state index contributed by atoms with van der Waals surface area (Å²) in [6.45, 7) is 1.17. The third kappa shape index (κ3) is 3.73. The van der Waals surface area contributed by atoms with Crippen molar-refractivity contribution in [1.82, 2.24) is 0 Å². The summed E-state index contributed by atoms with van der Waals surface area (Å²) >= 11 is 5.72. The van der Waals surface area contributed by atoms with Crippen molar-refractivity contribution < 1.29 is 27.5 Å². The summed E-state index contributed by atoms with van der Waals surface area (Å²) in [4.78, 5) is 21.8. The zero-order chi connectivity index (χ0) is 13.9. The van der Waals surface area contributed by atoms with E-state index in [9.17, 15) is 22.8 Å². The molecule has 0 N–H and O–H groups in total. The molecule has 0 heterocycles. The Morgan fingerprint density at radius 3 is 2.50 bits per heavy atom. The molecule has 98 valence electrons. The van der Waals surface area contributed by atoms with E-state index in [4.69, 9.17) is 11.6 Å². The lowest BCUT2D eigenvalue weighted by atomic mass is 10.0. The van der Waals surface area contributed by atoms with E-state index < -0.39 is 23.3 Å². The lowest BCUT2D eigenvalue weighted by molar-refractivity contribution is -0.274. The third-order valence-corrected chi connectivity index (χ3v) is 2.59. The van der Waals surface area contributed by atoms with Gasteiger partial charge >= 0.3 is 6.36 Å². The predicted molar refractivity (Wildman–Crippen MR) is 57.8 cm³/mol. The molecule has 0 saturated carbocycles. The van der Waals surface area contributed by atoms with Crippen LogP contribution in [0.15, 0.2) is 18.2 Å². The molecule has 1 unspecified atom stereocenters. The summed E-state index contributed by atoms with van der Waals surface area (Å²) in [5.74, 6) is -1.01. The molecular formula is C11H8ClF3O3. The number of ether oxygens (including phenoxy) is 1. The molecule has 0 amide bonds. The van der Waals surface area contributed by atoms with E-state index in [2.05, 4.69) is 4.74 Å². The van der Waals surface area contributed by atoms with E-state index in [-0.39, 0.29) is 11.1 Å². The Kier molecular flexibility index (Phi) is 4.34. The topological polar surface area (TPSA) is 43.4 Å². The quantitative estimate of drug-likeness (QED) is 0.628. The van der Waals surface area contributed by atoms with Crippen molar-refractivity contribution in [3.63, 3.8) is 0 Å². The number of rotatable bonds is 4. The highest BCUT2D eigenvalue weighted by atomic mass is 35.5. The number of aldehydes is 1. The zero-order valence-corrected chi connectivity index (χ0v) is 9.88. The molecule has 0 aromatic heterocycles. The molecular weight excluding hydrogens is 273 g/mol. The van der Waals surface area contributed by atoms with E-state index in [0.717, 1.165) is 18.2 Å². The molecule has 0 aliphatic rings. The minimum Gasteiger partial charge on any atom is -0.406 e. The smallest absolute Gasteiger partial charge is 0.406 e. The normalized spacial score (nSPS) is 12.9. The maximum Gasteiger partial charge on any atom is 0.573 e. The Hall–Kier alpha value is -1.56. The maximum absolute atomic E-state index is 12.0. The number of hydrogen-bond acceptors (Lipinski definition) is 3. The fourth-order valence-corrected chi connectivity index (χ4v) is 1.48. The van der Waals surface area contributed by atoms with Crippen LogP contribution in [-0.2, 0) is 4.79 Å².